The molecule has 2 N–H and O–H groups in total. The molecular weight excluding hydrogens is 326 g/mol. The summed E-state index contributed by atoms with van der Waals surface area (Å²) in [6.07, 6.45) is 0.398. The van der Waals surface area contributed by atoms with Gasteiger partial charge in [-0.2, -0.15) is 0 Å². The molecule has 0 aliphatic heterocycles. The number of aliphatic carboxylic acids is 1. The van der Waals surface area contributed by atoms with Gasteiger partial charge >= 0.3 is 5.97 Å². The molecule has 1 rings (SSSR count). The van der Waals surface area contributed by atoms with Crippen molar-refractivity contribution < 1.29 is 19.4 Å². The van der Waals surface area contributed by atoms with Gasteiger partial charge in [-0.25, -0.2) is 0 Å². The third kappa shape index (κ3) is 5.61. The van der Waals surface area contributed by atoms with E-state index in [1.165, 1.54) is 0 Å². The monoisotopic (exact) mass is 343 g/mol. The standard InChI is InChI=1S/C14H18BrNO4/c1-9-3-4-12(11(15)7-9)20-8-13(17)16-6-5-10(2)14(18)19/h3-4,7,10H,5-6,8H2,1-2H3,(H,16,17)(H,18,19). The number of hydrogen-bond acceptors (Lipinski definition) is 3. The van der Waals surface area contributed by atoms with Crippen LogP contribution >= 0.6 is 15.9 Å². The molecule has 5 nitrogen and oxygen atoms in total. The van der Waals surface area contributed by atoms with Gasteiger partial charge in [-0.3, -0.25) is 9.59 Å². The first-order chi connectivity index (χ1) is 9.40. The maximum Gasteiger partial charge on any atom is 0.306 e. The predicted molar refractivity (Wildman–Crippen MR) is 78.8 cm³/mol. The number of amides is 1. The summed E-state index contributed by atoms with van der Waals surface area (Å²) in [4.78, 5) is 22.2. The van der Waals surface area contributed by atoms with Crippen molar-refractivity contribution in [2.75, 3.05) is 13.2 Å². The Morgan fingerprint density at radius 3 is 2.75 bits per heavy atom. The summed E-state index contributed by atoms with van der Waals surface area (Å²) in [5.41, 5.74) is 1.09. The molecule has 0 fully saturated rings. The van der Waals surface area contributed by atoms with Crippen molar-refractivity contribution >= 4 is 27.8 Å². The summed E-state index contributed by atoms with van der Waals surface area (Å²) in [5.74, 6) is -0.999. The van der Waals surface area contributed by atoms with Gasteiger partial charge in [0.25, 0.3) is 5.91 Å². The second kappa shape index (κ2) is 7.89. The van der Waals surface area contributed by atoms with Crippen LogP contribution in [-0.2, 0) is 9.59 Å². The van der Waals surface area contributed by atoms with E-state index in [4.69, 9.17) is 9.84 Å². The minimum atomic E-state index is -0.862. The Labute approximate surface area is 126 Å². The van der Waals surface area contributed by atoms with Crippen LogP contribution in [0, 0.1) is 12.8 Å². The van der Waals surface area contributed by atoms with Crippen molar-refractivity contribution in [3.8, 4) is 5.75 Å². The second-order valence-electron chi connectivity index (χ2n) is 4.60. The predicted octanol–water partition coefficient (Wildman–Crippen LogP) is 2.36. The summed E-state index contributed by atoms with van der Waals surface area (Å²) in [5, 5.41) is 11.3. The zero-order chi connectivity index (χ0) is 15.1. The number of carboxylic acids is 1. The Hall–Kier alpha value is -1.56. The summed E-state index contributed by atoms with van der Waals surface area (Å²) >= 11 is 3.36. The van der Waals surface area contributed by atoms with Crippen LogP contribution in [0.15, 0.2) is 22.7 Å². The van der Waals surface area contributed by atoms with Crippen LogP contribution < -0.4 is 10.1 Å². The van der Waals surface area contributed by atoms with Crippen molar-refractivity contribution in [1.29, 1.82) is 0 Å². The summed E-state index contributed by atoms with van der Waals surface area (Å²) in [7, 11) is 0. The maximum absolute atomic E-state index is 11.5. The summed E-state index contributed by atoms with van der Waals surface area (Å²) < 4.78 is 6.18. The maximum atomic E-state index is 11.5. The number of ether oxygens (including phenoxy) is 1. The number of aryl methyl sites for hydroxylation is 1. The quantitative estimate of drug-likeness (QED) is 0.796. The SMILES string of the molecule is Cc1ccc(OCC(=O)NCCC(C)C(=O)O)c(Br)c1. The zero-order valence-corrected chi connectivity index (χ0v) is 13.1. The molecule has 1 aromatic carbocycles. The van der Waals surface area contributed by atoms with Crippen LogP contribution in [0.1, 0.15) is 18.9 Å². The van der Waals surface area contributed by atoms with Gasteiger partial charge in [0.2, 0.25) is 0 Å². The average Bonchev–Trinajstić information content (AvgIpc) is 2.37. The Morgan fingerprint density at radius 1 is 1.45 bits per heavy atom. The van der Waals surface area contributed by atoms with E-state index in [0.717, 1.165) is 10.0 Å². The fourth-order valence-corrected chi connectivity index (χ4v) is 2.08. The molecule has 0 heterocycles. The molecule has 6 heteroatoms. The van der Waals surface area contributed by atoms with Crippen molar-refractivity contribution in [1.82, 2.24) is 5.32 Å². The van der Waals surface area contributed by atoms with Crippen LogP contribution in [0.2, 0.25) is 0 Å². The van der Waals surface area contributed by atoms with Crippen molar-refractivity contribution in [2.45, 2.75) is 20.3 Å². The number of hydrogen-bond donors (Lipinski definition) is 2. The number of carbonyl (C=O) groups is 2. The number of halogens is 1. The van der Waals surface area contributed by atoms with E-state index in [9.17, 15) is 9.59 Å². The Morgan fingerprint density at radius 2 is 2.15 bits per heavy atom. The molecule has 1 atom stereocenters. The van der Waals surface area contributed by atoms with Gasteiger partial charge in [-0.05, 0) is 47.0 Å². The number of carboxylic acid groups (broad SMARTS) is 1. The molecule has 0 saturated carbocycles. The molecule has 110 valence electrons. The minimum Gasteiger partial charge on any atom is -0.483 e. The highest BCUT2D eigenvalue weighted by Gasteiger charge is 2.11. The van der Waals surface area contributed by atoms with Crippen LogP contribution in [0.3, 0.4) is 0 Å². The van der Waals surface area contributed by atoms with Crippen molar-refractivity contribution in [3.63, 3.8) is 0 Å². The van der Waals surface area contributed by atoms with Gasteiger partial charge in [0.05, 0.1) is 10.4 Å². The first-order valence-electron chi connectivity index (χ1n) is 6.28. The molecule has 0 bridgehead atoms. The van der Waals surface area contributed by atoms with E-state index >= 15 is 0 Å². The molecule has 0 aliphatic rings. The molecule has 0 radical (unpaired) electrons. The fraction of sp³-hybridized carbons (Fsp3) is 0.429. The van der Waals surface area contributed by atoms with Crippen LogP contribution in [0.25, 0.3) is 0 Å². The van der Waals surface area contributed by atoms with Gasteiger partial charge < -0.3 is 15.2 Å². The van der Waals surface area contributed by atoms with Gasteiger partial charge in [-0.15, -0.1) is 0 Å². The van der Waals surface area contributed by atoms with Gasteiger partial charge in [0.1, 0.15) is 5.75 Å². The van der Waals surface area contributed by atoms with Gasteiger partial charge in [0.15, 0.2) is 6.61 Å². The topological polar surface area (TPSA) is 75.6 Å². The second-order valence-corrected chi connectivity index (χ2v) is 5.45. The van der Waals surface area contributed by atoms with E-state index in [1.807, 2.05) is 19.1 Å². The third-order valence-electron chi connectivity index (χ3n) is 2.77. The minimum absolute atomic E-state index is 0.0941. The lowest BCUT2D eigenvalue weighted by Crippen LogP contribution is -2.31. The molecule has 1 amide bonds. The lowest BCUT2D eigenvalue weighted by molar-refractivity contribution is -0.141. The molecule has 0 saturated heterocycles. The first-order valence-corrected chi connectivity index (χ1v) is 7.08. The van der Waals surface area contributed by atoms with Crippen molar-refractivity contribution in [3.05, 3.63) is 28.2 Å². The third-order valence-corrected chi connectivity index (χ3v) is 3.39. The first kappa shape index (κ1) is 16.5. The Bertz CT molecular complexity index is 490. The van der Waals surface area contributed by atoms with E-state index in [2.05, 4.69) is 21.2 Å². The average molecular weight is 344 g/mol. The highest BCUT2D eigenvalue weighted by molar-refractivity contribution is 9.10. The highest BCUT2D eigenvalue weighted by Crippen LogP contribution is 2.25. The number of benzene rings is 1. The molecule has 1 unspecified atom stereocenters. The lowest BCUT2D eigenvalue weighted by atomic mass is 10.1. The van der Waals surface area contributed by atoms with E-state index < -0.39 is 11.9 Å². The summed E-state index contributed by atoms with van der Waals surface area (Å²) in [6.45, 7) is 3.80. The largest absolute Gasteiger partial charge is 0.483 e. The zero-order valence-electron chi connectivity index (χ0n) is 11.5. The number of nitrogens with one attached hydrogen (secondary N) is 1. The normalized spacial score (nSPS) is 11.8. The molecule has 20 heavy (non-hydrogen) atoms. The van der Waals surface area contributed by atoms with E-state index in [0.29, 0.717) is 18.7 Å². The molecule has 0 aliphatic carbocycles. The molecule has 0 spiro atoms. The highest BCUT2D eigenvalue weighted by atomic mass is 79.9. The molecule has 1 aromatic rings. The van der Waals surface area contributed by atoms with Gasteiger partial charge in [0, 0.05) is 6.54 Å². The van der Waals surface area contributed by atoms with Gasteiger partial charge in [-0.1, -0.05) is 13.0 Å². The Kier molecular flexibility index (Phi) is 6.51. The van der Waals surface area contributed by atoms with E-state index in [-0.39, 0.29) is 12.5 Å². The molecule has 0 aromatic heterocycles. The van der Waals surface area contributed by atoms with Crippen LogP contribution in [0.4, 0.5) is 0 Å². The smallest absolute Gasteiger partial charge is 0.306 e. The number of rotatable bonds is 7. The Balaban J connectivity index is 2.31. The van der Waals surface area contributed by atoms with E-state index in [1.54, 1.807) is 13.0 Å². The van der Waals surface area contributed by atoms with Crippen molar-refractivity contribution in [2.24, 2.45) is 5.92 Å². The van der Waals surface area contributed by atoms with Crippen LogP contribution in [-0.4, -0.2) is 30.1 Å². The lowest BCUT2D eigenvalue weighted by Gasteiger charge is -2.10. The molecular formula is C14H18BrNO4. The van der Waals surface area contributed by atoms with Crippen LogP contribution in [0.5, 0.6) is 5.75 Å². The number of carbonyl (C=O) groups excluding carboxylic acids is 1. The fourth-order valence-electron chi connectivity index (χ4n) is 1.47. The summed E-state index contributed by atoms with van der Waals surface area (Å²) in [6, 6.07) is 5.59.